The van der Waals surface area contributed by atoms with Gasteiger partial charge in [0.15, 0.2) is 17.0 Å². The van der Waals surface area contributed by atoms with Crippen LogP contribution in [0, 0.1) is 13.8 Å². The second-order valence-corrected chi connectivity index (χ2v) is 4.55. The standard InChI is InChI=1S/C13H14N6/c1-8-4-5-10(9(2)6-8)16-12-11-13(15-7-14-12)19(3)18-17-11/h4-7H,1-3H3,(H,14,15,16). The fourth-order valence-corrected chi connectivity index (χ4v) is 2.03. The molecule has 0 saturated heterocycles. The Morgan fingerprint density at radius 1 is 1.16 bits per heavy atom. The summed E-state index contributed by atoms with van der Waals surface area (Å²) in [7, 11) is 1.81. The minimum Gasteiger partial charge on any atom is -0.338 e. The molecule has 19 heavy (non-hydrogen) atoms. The molecule has 0 fully saturated rings. The topological polar surface area (TPSA) is 68.5 Å². The summed E-state index contributed by atoms with van der Waals surface area (Å²) in [5.74, 6) is 0.671. The quantitative estimate of drug-likeness (QED) is 0.758. The van der Waals surface area contributed by atoms with Crippen molar-refractivity contribution in [3.63, 3.8) is 0 Å². The summed E-state index contributed by atoms with van der Waals surface area (Å²) < 4.78 is 1.63. The monoisotopic (exact) mass is 254 g/mol. The highest BCUT2D eigenvalue weighted by atomic mass is 15.4. The van der Waals surface area contributed by atoms with Gasteiger partial charge in [-0.2, -0.15) is 0 Å². The Labute approximate surface area is 110 Å². The third kappa shape index (κ3) is 2.01. The van der Waals surface area contributed by atoms with Crippen LogP contribution in [0.3, 0.4) is 0 Å². The zero-order valence-corrected chi connectivity index (χ0v) is 11.0. The normalized spacial score (nSPS) is 10.9. The third-order valence-electron chi connectivity index (χ3n) is 3.02. The van der Waals surface area contributed by atoms with Crippen molar-refractivity contribution in [1.29, 1.82) is 0 Å². The van der Waals surface area contributed by atoms with E-state index in [1.807, 2.05) is 13.1 Å². The highest BCUT2D eigenvalue weighted by Gasteiger charge is 2.10. The van der Waals surface area contributed by atoms with E-state index in [0.29, 0.717) is 17.0 Å². The lowest BCUT2D eigenvalue weighted by molar-refractivity contribution is 0.729. The SMILES string of the molecule is Cc1ccc(Nc2ncnc3c2nnn3C)c(C)c1. The van der Waals surface area contributed by atoms with Gasteiger partial charge >= 0.3 is 0 Å². The number of aromatic nitrogens is 5. The summed E-state index contributed by atoms with van der Waals surface area (Å²) in [5, 5.41) is 11.3. The maximum absolute atomic E-state index is 4.24. The summed E-state index contributed by atoms with van der Waals surface area (Å²) in [6.45, 7) is 4.13. The van der Waals surface area contributed by atoms with Crippen molar-refractivity contribution in [3.8, 4) is 0 Å². The van der Waals surface area contributed by atoms with E-state index in [1.165, 1.54) is 11.9 Å². The molecule has 0 atom stereocenters. The van der Waals surface area contributed by atoms with E-state index in [0.717, 1.165) is 11.3 Å². The van der Waals surface area contributed by atoms with Gasteiger partial charge in [-0.1, -0.05) is 22.9 Å². The molecule has 0 radical (unpaired) electrons. The molecule has 2 heterocycles. The van der Waals surface area contributed by atoms with E-state index in [4.69, 9.17) is 0 Å². The van der Waals surface area contributed by atoms with Gasteiger partial charge in [-0.15, -0.1) is 5.10 Å². The molecule has 6 nitrogen and oxygen atoms in total. The molecular formula is C13H14N6. The van der Waals surface area contributed by atoms with Crippen molar-refractivity contribution in [3.05, 3.63) is 35.7 Å². The predicted molar refractivity (Wildman–Crippen MR) is 73.3 cm³/mol. The van der Waals surface area contributed by atoms with E-state index in [1.54, 1.807) is 4.68 Å². The van der Waals surface area contributed by atoms with Gasteiger partial charge < -0.3 is 5.32 Å². The molecule has 1 N–H and O–H groups in total. The lowest BCUT2D eigenvalue weighted by Crippen LogP contribution is -1.98. The highest BCUT2D eigenvalue weighted by molar-refractivity contribution is 5.84. The van der Waals surface area contributed by atoms with Crippen molar-refractivity contribution < 1.29 is 0 Å². The molecule has 0 unspecified atom stereocenters. The first-order chi connectivity index (χ1) is 9.15. The molecule has 6 heteroatoms. The van der Waals surface area contributed by atoms with Gasteiger partial charge in [0.2, 0.25) is 0 Å². The molecule has 3 aromatic rings. The van der Waals surface area contributed by atoms with Crippen LogP contribution in [0.4, 0.5) is 11.5 Å². The summed E-state index contributed by atoms with van der Waals surface area (Å²) in [5.41, 5.74) is 4.79. The number of benzene rings is 1. The van der Waals surface area contributed by atoms with E-state index in [2.05, 4.69) is 51.6 Å². The Hall–Kier alpha value is -2.50. The van der Waals surface area contributed by atoms with Crippen molar-refractivity contribution in [2.75, 3.05) is 5.32 Å². The molecule has 1 aromatic carbocycles. The smallest absolute Gasteiger partial charge is 0.183 e. The lowest BCUT2D eigenvalue weighted by Gasteiger charge is -2.09. The Balaban J connectivity index is 2.06. The Kier molecular flexibility index (Phi) is 2.63. The van der Waals surface area contributed by atoms with Crippen molar-refractivity contribution >= 4 is 22.7 Å². The number of aryl methyl sites for hydroxylation is 3. The largest absolute Gasteiger partial charge is 0.338 e. The van der Waals surface area contributed by atoms with Gasteiger partial charge in [0, 0.05) is 12.7 Å². The summed E-state index contributed by atoms with van der Waals surface area (Å²) in [4.78, 5) is 8.41. The van der Waals surface area contributed by atoms with Crippen LogP contribution in [-0.4, -0.2) is 25.0 Å². The fraction of sp³-hybridized carbons (Fsp3) is 0.231. The van der Waals surface area contributed by atoms with Gasteiger partial charge in [0.05, 0.1) is 0 Å². The Bertz CT molecular complexity index is 746. The number of fused-ring (bicyclic) bond motifs is 1. The number of hydrogen-bond donors (Lipinski definition) is 1. The minimum absolute atomic E-state index is 0.671. The number of nitrogens with one attached hydrogen (secondary N) is 1. The second-order valence-electron chi connectivity index (χ2n) is 4.55. The van der Waals surface area contributed by atoms with Crippen LogP contribution in [0.1, 0.15) is 11.1 Å². The van der Waals surface area contributed by atoms with Gasteiger partial charge in [0.1, 0.15) is 6.33 Å². The van der Waals surface area contributed by atoms with Crippen LogP contribution in [0.25, 0.3) is 11.2 Å². The molecule has 0 aliphatic rings. The summed E-state index contributed by atoms with van der Waals surface area (Å²) in [6, 6.07) is 6.22. The molecular weight excluding hydrogens is 240 g/mol. The fourth-order valence-electron chi connectivity index (χ4n) is 2.03. The Morgan fingerprint density at radius 2 is 2.00 bits per heavy atom. The molecule has 0 spiro atoms. The van der Waals surface area contributed by atoms with Crippen LogP contribution in [0.2, 0.25) is 0 Å². The first-order valence-corrected chi connectivity index (χ1v) is 6.00. The molecule has 0 aliphatic carbocycles. The molecule has 3 rings (SSSR count). The molecule has 0 aliphatic heterocycles. The zero-order chi connectivity index (χ0) is 13.4. The van der Waals surface area contributed by atoms with Gasteiger partial charge in [-0.25, -0.2) is 14.6 Å². The zero-order valence-electron chi connectivity index (χ0n) is 11.0. The molecule has 0 saturated carbocycles. The van der Waals surface area contributed by atoms with Crippen LogP contribution in [0.5, 0.6) is 0 Å². The van der Waals surface area contributed by atoms with Crippen molar-refractivity contribution in [1.82, 2.24) is 25.0 Å². The van der Waals surface area contributed by atoms with Gasteiger partial charge in [-0.3, -0.25) is 0 Å². The number of nitrogens with zero attached hydrogens (tertiary/aromatic N) is 5. The Morgan fingerprint density at radius 3 is 2.79 bits per heavy atom. The molecule has 2 aromatic heterocycles. The average Bonchev–Trinajstić information content (AvgIpc) is 2.76. The maximum Gasteiger partial charge on any atom is 0.183 e. The van der Waals surface area contributed by atoms with Crippen LogP contribution < -0.4 is 5.32 Å². The van der Waals surface area contributed by atoms with Gasteiger partial charge in [-0.05, 0) is 25.5 Å². The first kappa shape index (κ1) is 11.6. The number of hydrogen-bond acceptors (Lipinski definition) is 5. The molecule has 0 bridgehead atoms. The molecule has 0 amide bonds. The minimum atomic E-state index is 0.671. The first-order valence-electron chi connectivity index (χ1n) is 6.00. The number of rotatable bonds is 2. The summed E-state index contributed by atoms with van der Waals surface area (Å²) in [6.07, 6.45) is 1.51. The van der Waals surface area contributed by atoms with E-state index < -0.39 is 0 Å². The van der Waals surface area contributed by atoms with Gasteiger partial charge in [0.25, 0.3) is 0 Å². The number of anilines is 2. The predicted octanol–water partition coefficient (Wildman–Crippen LogP) is 2.12. The maximum atomic E-state index is 4.24. The third-order valence-corrected chi connectivity index (χ3v) is 3.02. The van der Waals surface area contributed by atoms with Crippen molar-refractivity contribution in [2.45, 2.75) is 13.8 Å². The highest BCUT2D eigenvalue weighted by Crippen LogP contribution is 2.23. The van der Waals surface area contributed by atoms with Crippen molar-refractivity contribution in [2.24, 2.45) is 7.05 Å². The lowest BCUT2D eigenvalue weighted by atomic mass is 10.1. The second kappa shape index (κ2) is 4.31. The van der Waals surface area contributed by atoms with Crippen LogP contribution in [0.15, 0.2) is 24.5 Å². The molecule has 96 valence electrons. The van der Waals surface area contributed by atoms with Crippen LogP contribution >= 0.6 is 0 Å². The average molecular weight is 254 g/mol. The van der Waals surface area contributed by atoms with Crippen LogP contribution in [-0.2, 0) is 7.05 Å². The van der Waals surface area contributed by atoms with E-state index in [-0.39, 0.29) is 0 Å². The van der Waals surface area contributed by atoms with E-state index >= 15 is 0 Å². The van der Waals surface area contributed by atoms with E-state index in [9.17, 15) is 0 Å². The summed E-state index contributed by atoms with van der Waals surface area (Å²) >= 11 is 0.